The molecule has 1 atom stereocenters. The molecule has 0 aliphatic carbocycles. The standard InChI is InChI=1S/C15H16Br2FNS/c1-2-6-19-14(8-11-7-10(16)9-20-11)12-4-3-5-13(18)15(12)17/h3-5,7,9,14,19H,2,6,8H2,1H3. The topological polar surface area (TPSA) is 12.0 Å². The van der Waals surface area contributed by atoms with Crippen molar-refractivity contribution in [2.75, 3.05) is 6.54 Å². The van der Waals surface area contributed by atoms with Crippen molar-refractivity contribution in [2.24, 2.45) is 0 Å². The normalized spacial score (nSPS) is 12.6. The van der Waals surface area contributed by atoms with E-state index in [0.717, 1.165) is 29.4 Å². The number of nitrogens with one attached hydrogen (secondary N) is 1. The highest BCUT2D eigenvalue weighted by atomic mass is 79.9. The highest BCUT2D eigenvalue weighted by Gasteiger charge is 2.17. The summed E-state index contributed by atoms with van der Waals surface area (Å²) in [5.74, 6) is -0.210. The van der Waals surface area contributed by atoms with E-state index in [1.807, 2.05) is 6.07 Å². The summed E-state index contributed by atoms with van der Waals surface area (Å²) in [4.78, 5) is 1.28. The smallest absolute Gasteiger partial charge is 0.137 e. The van der Waals surface area contributed by atoms with Gasteiger partial charge in [-0.15, -0.1) is 11.3 Å². The monoisotopic (exact) mass is 419 g/mol. The van der Waals surface area contributed by atoms with Crippen LogP contribution in [-0.2, 0) is 6.42 Å². The minimum atomic E-state index is -0.210. The molecule has 20 heavy (non-hydrogen) atoms. The summed E-state index contributed by atoms with van der Waals surface area (Å²) in [5, 5.41) is 5.58. The Morgan fingerprint density at radius 2 is 2.15 bits per heavy atom. The molecule has 1 N–H and O–H groups in total. The molecular formula is C15H16Br2FNS. The summed E-state index contributed by atoms with van der Waals surface area (Å²) in [6, 6.07) is 7.46. The maximum absolute atomic E-state index is 13.7. The van der Waals surface area contributed by atoms with Crippen molar-refractivity contribution >= 4 is 43.2 Å². The third-order valence-corrected chi connectivity index (χ3v) is 5.58. The molecule has 0 saturated carbocycles. The maximum Gasteiger partial charge on any atom is 0.137 e. The van der Waals surface area contributed by atoms with Gasteiger partial charge in [0.2, 0.25) is 0 Å². The van der Waals surface area contributed by atoms with Gasteiger partial charge in [-0.3, -0.25) is 0 Å². The van der Waals surface area contributed by atoms with Crippen molar-refractivity contribution in [3.63, 3.8) is 0 Å². The number of thiophene rings is 1. The molecule has 0 bridgehead atoms. The minimum Gasteiger partial charge on any atom is -0.310 e. The summed E-state index contributed by atoms with van der Waals surface area (Å²) in [6.07, 6.45) is 1.91. The van der Waals surface area contributed by atoms with Crippen LogP contribution in [0.4, 0.5) is 4.39 Å². The molecule has 1 heterocycles. The minimum absolute atomic E-state index is 0.116. The summed E-state index contributed by atoms with van der Waals surface area (Å²) in [6.45, 7) is 3.05. The van der Waals surface area contributed by atoms with Gasteiger partial charge in [-0.05, 0) is 62.5 Å². The first-order valence-corrected chi connectivity index (χ1v) is 8.98. The van der Waals surface area contributed by atoms with Crippen LogP contribution >= 0.6 is 43.2 Å². The van der Waals surface area contributed by atoms with E-state index in [4.69, 9.17) is 0 Å². The number of rotatable bonds is 6. The van der Waals surface area contributed by atoms with Crippen LogP contribution in [0.25, 0.3) is 0 Å². The van der Waals surface area contributed by atoms with E-state index in [1.165, 1.54) is 10.9 Å². The maximum atomic E-state index is 13.7. The molecule has 1 unspecified atom stereocenters. The SMILES string of the molecule is CCCNC(Cc1cc(Br)cs1)c1cccc(F)c1Br. The zero-order chi connectivity index (χ0) is 14.5. The molecule has 0 aliphatic heterocycles. The van der Waals surface area contributed by atoms with Gasteiger partial charge in [0.15, 0.2) is 0 Å². The van der Waals surface area contributed by atoms with Crippen LogP contribution in [0, 0.1) is 5.82 Å². The molecule has 1 aromatic carbocycles. The van der Waals surface area contributed by atoms with Gasteiger partial charge in [-0.1, -0.05) is 19.1 Å². The van der Waals surface area contributed by atoms with Gasteiger partial charge in [0.1, 0.15) is 5.82 Å². The Bertz CT molecular complexity index is 571. The second-order valence-corrected chi connectivity index (χ2v) is 7.29. The van der Waals surface area contributed by atoms with Gasteiger partial charge in [0.05, 0.1) is 4.47 Å². The Hall–Kier alpha value is -0.230. The molecule has 1 aromatic heterocycles. The van der Waals surface area contributed by atoms with Crippen LogP contribution < -0.4 is 5.32 Å². The first-order chi connectivity index (χ1) is 9.61. The Morgan fingerprint density at radius 1 is 1.35 bits per heavy atom. The van der Waals surface area contributed by atoms with Crippen molar-refractivity contribution in [3.05, 3.63) is 54.8 Å². The Morgan fingerprint density at radius 3 is 2.80 bits per heavy atom. The quantitative estimate of drug-likeness (QED) is 0.632. The van der Waals surface area contributed by atoms with Crippen molar-refractivity contribution in [2.45, 2.75) is 25.8 Å². The molecule has 108 valence electrons. The van der Waals surface area contributed by atoms with E-state index in [1.54, 1.807) is 17.4 Å². The predicted octanol–water partition coefficient (Wildman–Crippen LogP) is 5.70. The van der Waals surface area contributed by atoms with E-state index in [2.05, 4.69) is 55.5 Å². The van der Waals surface area contributed by atoms with Crippen molar-refractivity contribution in [1.82, 2.24) is 5.32 Å². The van der Waals surface area contributed by atoms with Gasteiger partial charge in [-0.25, -0.2) is 4.39 Å². The lowest BCUT2D eigenvalue weighted by atomic mass is 10.0. The van der Waals surface area contributed by atoms with Gasteiger partial charge in [0.25, 0.3) is 0 Å². The van der Waals surface area contributed by atoms with Gasteiger partial charge < -0.3 is 5.32 Å². The molecule has 1 nitrogen and oxygen atoms in total. The Balaban J connectivity index is 2.24. The van der Waals surface area contributed by atoms with Crippen LogP contribution in [0.1, 0.15) is 29.8 Å². The molecule has 5 heteroatoms. The summed E-state index contributed by atoms with van der Waals surface area (Å²) >= 11 is 8.57. The molecule has 0 fully saturated rings. The zero-order valence-corrected chi connectivity index (χ0v) is 15.1. The number of hydrogen-bond acceptors (Lipinski definition) is 2. The Labute approximate surface area is 139 Å². The lowest BCUT2D eigenvalue weighted by Crippen LogP contribution is -2.24. The summed E-state index contributed by atoms with van der Waals surface area (Å²) in [7, 11) is 0. The van der Waals surface area contributed by atoms with Gasteiger partial charge >= 0.3 is 0 Å². The highest BCUT2D eigenvalue weighted by molar-refractivity contribution is 9.10. The molecule has 0 saturated heterocycles. The third-order valence-electron chi connectivity index (χ3n) is 3.02. The van der Waals surface area contributed by atoms with E-state index in [0.29, 0.717) is 4.47 Å². The molecule has 2 aromatic rings. The fourth-order valence-electron chi connectivity index (χ4n) is 2.06. The van der Waals surface area contributed by atoms with Crippen molar-refractivity contribution < 1.29 is 4.39 Å². The summed E-state index contributed by atoms with van der Waals surface area (Å²) < 4.78 is 15.4. The average Bonchev–Trinajstić information content (AvgIpc) is 2.83. The van der Waals surface area contributed by atoms with Crippen LogP contribution in [0.3, 0.4) is 0 Å². The highest BCUT2D eigenvalue weighted by Crippen LogP contribution is 2.30. The summed E-state index contributed by atoms with van der Waals surface area (Å²) in [5.41, 5.74) is 0.975. The van der Waals surface area contributed by atoms with Crippen LogP contribution in [0.5, 0.6) is 0 Å². The fraction of sp³-hybridized carbons (Fsp3) is 0.333. The van der Waals surface area contributed by atoms with Crippen LogP contribution in [0.15, 0.2) is 38.6 Å². The van der Waals surface area contributed by atoms with E-state index in [-0.39, 0.29) is 11.9 Å². The Kier molecular flexibility index (Phi) is 6.20. The van der Waals surface area contributed by atoms with Gasteiger partial charge in [-0.2, -0.15) is 0 Å². The lowest BCUT2D eigenvalue weighted by Gasteiger charge is -2.20. The molecule has 2 rings (SSSR count). The van der Waals surface area contributed by atoms with Crippen LogP contribution in [0.2, 0.25) is 0 Å². The largest absolute Gasteiger partial charge is 0.310 e. The second kappa shape index (κ2) is 7.69. The average molecular weight is 421 g/mol. The lowest BCUT2D eigenvalue weighted by molar-refractivity contribution is 0.524. The van der Waals surface area contributed by atoms with E-state index >= 15 is 0 Å². The first kappa shape index (κ1) is 16.1. The zero-order valence-electron chi connectivity index (χ0n) is 11.1. The van der Waals surface area contributed by atoms with E-state index < -0.39 is 0 Å². The van der Waals surface area contributed by atoms with Gasteiger partial charge in [0, 0.05) is 27.2 Å². The number of halogens is 3. The third kappa shape index (κ3) is 4.13. The predicted molar refractivity (Wildman–Crippen MR) is 90.9 cm³/mol. The number of benzene rings is 1. The number of hydrogen-bond donors (Lipinski definition) is 1. The fourth-order valence-corrected chi connectivity index (χ4v) is 4.10. The van der Waals surface area contributed by atoms with E-state index in [9.17, 15) is 4.39 Å². The molecule has 0 aliphatic rings. The molecule has 0 radical (unpaired) electrons. The van der Waals surface area contributed by atoms with Crippen LogP contribution in [-0.4, -0.2) is 6.54 Å². The first-order valence-electron chi connectivity index (χ1n) is 6.52. The molecule has 0 spiro atoms. The molecular weight excluding hydrogens is 405 g/mol. The van der Waals surface area contributed by atoms with Crippen molar-refractivity contribution in [1.29, 1.82) is 0 Å². The van der Waals surface area contributed by atoms with Crippen molar-refractivity contribution in [3.8, 4) is 0 Å². The second-order valence-electron chi connectivity index (χ2n) is 4.59. The molecule has 0 amide bonds.